The fourth-order valence-electron chi connectivity index (χ4n) is 2.47. The lowest BCUT2D eigenvalue weighted by Gasteiger charge is -2.12. The van der Waals surface area contributed by atoms with Crippen LogP contribution in [-0.4, -0.2) is 15.9 Å². The topological polar surface area (TPSA) is 94.9 Å². The zero-order valence-electron chi connectivity index (χ0n) is 10.7. The highest BCUT2D eigenvalue weighted by molar-refractivity contribution is 7.18. The van der Waals surface area contributed by atoms with Gasteiger partial charge in [-0.1, -0.05) is 0 Å². The lowest BCUT2D eigenvalue weighted by atomic mass is 10.0. The van der Waals surface area contributed by atoms with Gasteiger partial charge in [-0.15, -0.1) is 11.3 Å². The molecule has 0 spiro atoms. The van der Waals surface area contributed by atoms with Crippen molar-refractivity contribution in [2.45, 2.75) is 19.5 Å². The second-order valence-electron chi connectivity index (χ2n) is 4.64. The Morgan fingerprint density at radius 3 is 2.57 bits per heavy atom. The molecule has 0 atom stereocenters. The van der Waals surface area contributed by atoms with Crippen molar-refractivity contribution in [1.82, 2.24) is 9.97 Å². The highest BCUT2D eigenvalue weighted by atomic mass is 32.1. The molecule has 110 valence electrons. The van der Waals surface area contributed by atoms with E-state index in [4.69, 9.17) is 11.5 Å². The van der Waals surface area contributed by atoms with Gasteiger partial charge in [-0.05, 0) is 12.5 Å². The summed E-state index contributed by atoms with van der Waals surface area (Å²) >= 11 is 1.22. The van der Waals surface area contributed by atoms with Crippen molar-refractivity contribution in [3.8, 4) is 0 Å². The average Bonchev–Trinajstić information content (AvgIpc) is 2.85. The third-order valence-corrected chi connectivity index (χ3v) is 4.22. The zero-order valence-corrected chi connectivity index (χ0v) is 11.5. The number of thiazole rings is 1. The highest BCUT2D eigenvalue weighted by Gasteiger charge is 2.42. The molecule has 0 saturated heterocycles. The van der Waals surface area contributed by atoms with Gasteiger partial charge < -0.3 is 11.5 Å². The molecule has 0 fully saturated rings. The standard InChI is InChI=1S/C12H9F3N4OS/c1-3-18-11-8(21-3)4-2-5(16)7(10(17)20)6(4)9(19-11)12(13,14)15/h2,16H2,1H3,(H2,17,20). The summed E-state index contributed by atoms with van der Waals surface area (Å²) in [6, 6.07) is 0. The van der Waals surface area contributed by atoms with Gasteiger partial charge in [0.15, 0.2) is 11.3 Å². The Morgan fingerprint density at radius 2 is 2.00 bits per heavy atom. The number of hydrogen-bond donors (Lipinski definition) is 2. The van der Waals surface area contributed by atoms with Crippen LogP contribution in [0.4, 0.5) is 13.2 Å². The minimum Gasteiger partial charge on any atom is -0.401 e. The molecule has 0 bridgehead atoms. The van der Waals surface area contributed by atoms with Crippen LogP contribution < -0.4 is 11.5 Å². The van der Waals surface area contributed by atoms with E-state index in [-0.39, 0.29) is 28.9 Å². The molecule has 0 radical (unpaired) electrons. The first-order chi connectivity index (χ1) is 9.70. The molecule has 4 N–H and O–H groups in total. The summed E-state index contributed by atoms with van der Waals surface area (Å²) in [4.78, 5) is 19.0. The number of pyridine rings is 1. The summed E-state index contributed by atoms with van der Waals surface area (Å²) in [5.41, 5.74) is 9.50. The molecule has 21 heavy (non-hydrogen) atoms. The number of nitrogens with two attached hydrogens (primary N) is 2. The number of carbonyl (C=O) groups is 1. The van der Waals surface area contributed by atoms with Crippen molar-refractivity contribution in [3.63, 3.8) is 0 Å². The molecule has 2 aromatic heterocycles. The van der Waals surface area contributed by atoms with Gasteiger partial charge in [-0.2, -0.15) is 13.2 Å². The van der Waals surface area contributed by atoms with Crippen molar-refractivity contribution in [1.29, 1.82) is 0 Å². The number of amides is 1. The molecule has 1 aliphatic carbocycles. The molecular formula is C12H9F3N4OS. The van der Waals surface area contributed by atoms with Gasteiger partial charge in [0.05, 0.1) is 15.3 Å². The molecule has 2 aromatic rings. The summed E-state index contributed by atoms with van der Waals surface area (Å²) in [7, 11) is 0. The molecular weight excluding hydrogens is 305 g/mol. The van der Waals surface area contributed by atoms with E-state index < -0.39 is 17.8 Å². The van der Waals surface area contributed by atoms with Crippen LogP contribution in [0.15, 0.2) is 5.70 Å². The SMILES string of the molecule is Cc1nc2nc(C(F)(F)F)c3c(c2s1)CC(N)=C3C(N)=O. The first-order valence-corrected chi connectivity index (χ1v) is 6.67. The molecule has 0 aliphatic heterocycles. The summed E-state index contributed by atoms with van der Waals surface area (Å²) in [6.45, 7) is 1.67. The molecule has 0 aromatic carbocycles. The number of nitrogens with zero attached hydrogens (tertiary/aromatic N) is 2. The van der Waals surface area contributed by atoms with Crippen LogP contribution in [0.2, 0.25) is 0 Å². The third kappa shape index (κ3) is 1.96. The first-order valence-electron chi connectivity index (χ1n) is 5.86. The summed E-state index contributed by atoms with van der Waals surface area (Å²) < 4.78 is 40.2. The van der Waals surface area contributed by atoms with Crippen molar-refractivity contribution >= 4 is 33.2 Å². The van der Waals surface area contributed by atoms with Gasteiger partial charge in [0.2, 0.25) is 0 Å². The zero-order chi connectivity index (χ0) is 15.5. The number of fused-ring (bicyclic) bond motifs is 3. The van der Waals surface area contributed by atoms with Crippen LogP contribution >= 0.6 is 11.3 Å². The molecule has 0 unspecified atom stereocenters. The predicted molar refractivity (Wildman–Crippen MR) is 71.2 cm³/mol. The van der Waals surface area contributed by atoms with Crippen LogP contribution in [0.1, 0.15) is 21.8 Å². The lowest BCUT2D eigenvalue weighted by Crippen LogP contribution is -2.19. The number of carbonyl (C=O) groups excluding carboxylic acids is 1. The lowest BCUT2D eigenvalue weighted by molar-refractivity contribution is -0.141. The Balaban J connectivity index is 2.45. The Labute approximate surface area is 120 Å². The maximum Gasteiger partial charge on any atom is 0.434 e. The predicted octanol–water partition coefficient (Wildman–Crippen LogP) is 1.73. The smallest absolute Gasteiger partial charge is 0.401 e. The maximum absolute atomic E-state index is 13.2. The van der Waals surface area contributed by atoms with E-state index >= 15 is 0 Å². The van der Waals surface area contributed by atoms with Crippen molar-refractivity contribution in [3.05, 3.63) is 27.5 Å². The number of alkyl halides is 3. The van der Waals surface area contributed by atoms with Crippen LogP contribution in [-0.2, 0) is 17.4 Å². The number of hydrogen-bond acceptors (Lipinski definition) is 5. The van der Waals surface area contributed by atoms with E-state index in [1.54, 1.807) is 6.92 Å². The molecule has 2 heterocycles. The van der Waals surface area contributed by atoms with Gasteiger partial charge in [-0.3, -0.25) is 4.79 Å². The second-order valence-corrected chi connectivity index (χ2v) is 5.84. The Kier molecular flexibility index (Phi) is 2.74. The molecule has 5 nitrogen and oxygen atoms in total. The van der Waals surface area contributed by atoms with Crippen LogP contribution in [0, 0.1) is 6.92 Å². The number of halogens is 3. The van der Waals surface area contributed by atoms with Gasteiger partial charge >= 0.3 is 6.18 Å². The molecule has 9 heteroatoms. The number of aryl methyl sites for hydroxylation is 1. The van der Waals surface area contributed by atoms with Crippen molar-refractivity contribution < 1.29 is 18.0 Å². The van der Waals surface area contributed by atoms with Gasteiger partial charge in [0.1, 0.15) is 0 Å². The Hall–Kier alpha value is -2.16. The average molecular weight is 314 g/mol. The minimum absolute atomic E-state index is 0.0158. The molecule has 0 saturated carbocycles. The monoisotopic (exact) mass is 314 g/mol. The maximum atomic E-state index is 13.2. The van der Waals surface area contributed by atoms with E-state index in [1.807, 2.05) is 0 Å². The largest absolute Gasteiger partial charge is 0.434 e. The summed E-state index contributed by atoms with van der Waals surface area (Å²) in [5, 5.41) is 0.588. The van der Waals surface area contributed by atoms with E-state index in [2.05, 4.69) is 9.97 Å². The second kappa shape index (κ2) is 4.17. The fraction of sp³-hybridized carbons (Fsp3) is 0.250. The van der Waals surface area contributed by atoms with Crippen LogP contribution in [0.25, 0.3) is 15.9 Å². The van der Waals surface area contributed by atoms with E-state index in [0.717, 1.165) is 0 Å². The number of aromatic nitrogens is 2. The normalized spacial score (nSPS) is 14.9. The molecule has 1 aliphatic rings. The fourth-order valence-corrected chi connectivity index (χ4v) is 3.38. The molecule has 1 amide bonds. The minimum atomic E-state index is -4.72. The van der Waals surface area contributed by atoms with Gasteiger partial charge in [-0.25, -0.2) is 9.97 Å². The summed E-state index contributed by atoms with van der Waals surface area (Å²) in [5.74, 6) is -0.987. The van der Waals surface area contributed by atoms with Crippen LogP contribution in [0.3, 0.4) is 0 Å². The Morgan fingerprint density at radius 1 is 1.33 bits per heavy atom. The summed E-state index contributed by atoms with van der Waals surface area (Å²) in [6.07, 6.45) is -4.68. The third-order valence-electron chi connectivity index (χ3n) is 3.20. The van der Waals surface area contributed by atoms with E-state index in [1.165, 1.54) is 11.3 Å². The van der Waals surface area contributed by atoms with Crippen LogP contribution in [0.5, 0.6) is 0 Å². The first kappa shape index (κ1) is 13.8. The van der Waals surface area contributed by atoms with Gasteiger partial charge in [0.25, 0.3) is 5.91 Å². The quantitative estimate of drug-likeness (QED) is 0.838. The van der Waals surface area contributed by atoms with Gasteiger partial charge in [0, 0.05) is 17.7 Å². The van der Waals surface area contributed by atoms with E-state index in [9.17, 15) is 18.0 Å². The number of rotatable bonds is 1. The van der Waals surface area contributed by atoms with E-state index in [0.29, 0.717) is 15.3 Å². The van der Waals surface area contributed by atoms with Crippen molar-refractivity contribution in [2.75, 3.05) is 0 Å². The number of allylic oxidation sites excluding steroid dienone is 1. The van der Waals surface area contributed by atoms with Crippen molar-refractivity contribution in [2.24, 2.45) is 11.5 Å². The highest BCUT2D eigenvalue weighted by Crippen LogP contribution is 2.43. The number of primary amides is 1. The molecule has 3 rings (SSSR count). The Bertz CT molecular complexity index is 822.